The van der Waals surface area contributed by atoms with Crippen molar-refractivity contribution in [3.8, 4) is 22.7 Å². The zero-order chi connectivity index (χ0) is 22.1. The number of rotatable bonds is 7. The van der Waals surface area contributed by atoms with Crippen molar-refractivity contribution in [2.75, 3.05) is 13.1 Å². The molecule has 8 nitrogen and oxygen atoms in total. The van der Waals surface area contributed by atoms with Crippen LogP contribution in [0.4, 0.5) is 13.2 Å². The summed E-state index contributed by atoms with van der Waals surface area (Å²) < 4.78 is 45.9. The Kier molecular flexibility index (Phi) is 5.39. The van der Waals surface area contributed by atoms with Gasteiger partial charge in [-0.25, -0.2) is 9.07 Å². The molecule has 0 radical (unpaired) electrons. The third-order valence-electron chi connectivity index (χ3n) is 5.25. The molecule has 1 aromatic carbocycles. The molecule has 1 aliphatic heterocycles. The van der Waals surface area contributed by atoms with E-state index in [9.17, 15) is 13.2 Å². The Labute approximate surface area is 180 Å². The van der Waals surface area contributed by atoms with Crippen LogP contribution in [-0.2, 0) is 13.1 Å². The van der Waals surface area contributed by atoms with Crippen LogP contribution >= 0.6 is 0 Å². The minimum Gasteiger partial charge on any atom is -0.415 e. The number of halogens is 3. The number of alkyl halides is 2. The molecule has 0 saturated carbocycles. The summed E-state index contributed by atoms with van der Waals surface area (Å²) in [7, 11) is 0. The molecule has 11 heteroatoms. The molecule has 1 aliphatic rings. The van der Waals surface area contributed by atoms with Crippen LogP contribution < -0.4 is 0 Å². The lowest BCUT2D eigenvalue weighted by Gasteiger charge is -2.30. The molecule has 1 saturated heterocycles. The third-order valence-corrected chi connectivity index (χ3v) is 5.25. The van der Waals surface area contributed by atoms with Gasteiger partial charge in [-0.3, -0.25) is 9.88 Å². The van der Waals surface area contributed by atoms with E-state index in [1.165, 1.54) is 12.3 Å². The number of hydrogen-bond acceptors (Lipinski definition) is 7. The van der Waals surface area contributed by atoms with Crippen LogP contribution in [0.3, 0.4) is 0 Å². The maximum absolute atomic E-state index is 14.2. The number of nitrogens with zero attached hydrogens (tertiary/aromatic N) is 7. The highest BCUT2D eigenvalue weighted by Crippen LogP contribution is 2.24. The second-order valence-electron chi connectivity index (χ2n) is 7.52. The average Bonchev–Trinajstić information content (AvgIpc) is 3.43. The summed E-state index contributed by atoms with van der Waals surface area (Å²) >= 11 is 0. The molecular formula is C21H18F3N7O. The van der Waals surface area contributed by atoms with Gasteiger partial charge in [0.15, 0.2) is 0 Å². The summed E-state index contributed by atoms with van der Waals surface area (Å²) in [4.78, 5) is 6.49. The molecule has 0 atom stereocenters. The van der Waals surface area contributed by atoms with Crippen LogP contribution in [0.25, 0.3) is 22.7 Å². The highest BCUT2D eigenvalue weighted by molar-refractivity contribution is 5.59. The molecule has 4 aromatic rings. The number of pyridine rings is 1. The lowest BCUT2D eigenvalue weighted by molar-refractivity contribution is 0.116. The van der Waals surface area contributed by atoms with Gasteiger partial charge in [-0.1, -0.05) is 5.21 Å². The van der Waals surface area contributed by atoms with Gasteiger partial charge in [0.2, 0.25) is 5.89 Å². The monoisotopic (exact) mass is 441 g/mol. The lowest BCUT2D eigenvalue weighted by Crippen LogP contribution is -2.36. The molecule has 164 valence electrons. The molecule has 0 amide bonds. The average molecular weight is 441 g/mol. The van der Waals surface area contributed by atoms with Crippen LogP contribution in [0.2, 0.25) is 0 Å². The number of aromatic nitrogens is 6. The van der Waals surface area contributed by atoms with Gasteiger partial charge >= 0.3 is 6.43 Å². The molecule has 0 spiro atoms. The maximum Gasteiger partial charge on any atom is 0.314 e. The van der Waals surface area contributed by atoms with Crippen molar-refractivity contribution < 1.29 is 17.6 Å². The standard InChI is InChI=1S/C21H18F3N7O/c22-17-5-3-13(8-15(17)10-30-6-1-7-30)18-12-31(29-26-18)11-16-4-2-14(9-25-16)20-27-28-21(32-20)19(23)24/h2-5,8-9,12,19H,1,6-7,10-11H2. The molecule has 0 N–H and O–H groups in total. The summed E-state index contributed by atoms with van der Waals surface area (Å²) in [6.45, 7) is 2.92. The molecule has 0 unspecified atom stereocenters. The van der Waals surface area contributed by atoms with E-state index in [-0.39, 0.29) is 11.7 Å². The second-order valence-corrected chi connectivity index (χ2v) is 7.52. The largest absolute Gasteiger partial charge is 0.415 e. The van der Waals surface area contributed by atoms with Gasteiger partial charge < -0.3 is 4.42 Å². The number of benzene rings is 1. The SMILES string of the molecule is Fc1ccc(-c2cn(Cc3ccc(-c4nnc(C(F)F)o4)cn3)nn2)cc1CN1CCC1. The van der Waals surface area contributed by atoms with Gasteiger partial charge in [-0.05, 0) is 49.8 Å². The smallest absolute Gasteiger partial charge is 0.314 e. The highest BCUT2D eigenvalue weighted by Gasteiger charge is 2.18. The second kappa shape index (κ2) is 8.50. The Hall–Kier alpha value is -3.60. The Morgan fingerprint density at radius 1 is 1.00 bits per heavy atom. The summed E-state index contributed by atoms with van der Waals surface area (Å²) in [5, 5.41) is 15.2. The number of likely N-dealkylation sites (tertiary alicyclic amines) is 1. The first-order valence-corrected chi connectivity index (χ1v) is 10.0. The summed E-state index contributed by atoms with van der Waals surface area (Å²) in [6, 6.07) is 8.33. The topological polar surface area (TPSA) is 85.8 Å². The fourth-order valence-electron chi connectivity index (χ4n) is 3.39. The fourth-order valence-corrected chi connectivity index (χ4v) is 3.39. The summed E-state index contributed by atoms with van der Waals surface area (Å²) in [5.41, 5.74) is 3.19. The quantitative estimate of drug-likeness (QED) is 0.432. The van der Waals surface area contributed by atoms with Crippen molar-refractivity contribution >= 4 is 0 Å². The van der Waals surface area contributed by atoms with Crippen LogP contribution in [-0.4, -0.2) is 48.2 Å². The number of hydrogen-bond donors (Lipinski definition) is 0. The fraction of sp³-hybridized carbons (Fsp3) is 0.286. The van der Waals surface area contributed by atoms with E-state index < -0.39 is 12.3 Å². The van der Waals surface area contributed by atoms with E-state index >= 15 is 0 Å². The van der Waals surface area contributed by atoms with Crippen molar-refractivity contribution in [2.45, 2.75) is 25.9 Å². The molecule has 5 rings (SSSR count). The normalized spacial score (nSPS) is 14.1. The van der Waals surface area contributed by atoms with Gasteiger partial charge in [0.05, 0.1) is 24.0 Å². The first-order chi connectivity index (χ1) is 15.5. The molecule has 32 heavy (non-hydrogen) atoms. The summed E-state index contributed by atoms with van der Waals surface area (Å²) in [6.07, 6.45) is 1.56. The van der Waals surface area contributed by atoms with Crippen molar-refractivity contribution in [3.05, 3.63) is 65.7 Å². The lowest BCUT2D eigenvalue weighted by atomic mass is 10.1. The Morgan fingerprint density at radius 3 is 2.53 bits per heavy atom. The van der Waals surface area contributed by atoms with Crippen LogP contribution in [0.15, 0.2) is 47.1 Å². The van der Waals surface area contributed by atoms with E-state index in [0.717, 1.165) is 25.1 Å². The first-order valence-electron chi connectivity index (χ1n) is 10.0. The van der Waals surface area contributed by atoms with Crippen molar-refractivity contribution in [1.82, 2.24) is 35.1 Å². The van der Waals surface area contributed by atoms with Gasteiger partial charge in [0.1, 0.15) is 11.5 Å². The van der Waals surface area contributed by atoms with Gasteiger partial charge in [-0.15, -0.1) is 15.3 Å². The predicted molar refractivity (Wildman–Crippen MR) is 107 cm³/mol. The molecule has 4 heterocycles. The molecule has 1 fully saturated rings. The molecular weight excluding hydrogens is 423 g/mol. The van der Waals surface area contributed by atoms with E-state index in [2.05, 4.69) is 30.4 Å². The van der Waals surface area contributed by atoms with Gasteiger partial charge in [0.25, 0.3) is 5.89 Å². The highest BCUT2D eigenvalue weighted by atomic mass is 19.3. The zero-order valence-electron chi connectivity index (χ0n) is 16.8. The Morgan fingerprint density at radius 2 is 1.84 bits per heavy atom. The van der Waals surface area contributed by atoms with Crippen LogP contribution in [0.1, 0.15) is 30.0 Å². The van der Waals surface area contributed by atoms with E-state index in [1.54, 1.807) is 29.1 Å². The van der Waals surface area contributed by atoms with Gasteiger partial charge in [-0.2, -0.15) is 8.78 Å². The van der Waals surface area contributed by atoms with Gasteiger partial charge in [0, 0.05) is 23.9 Å². The van der Waals surface area contributed by atoms with E-state index in [4.69, 9.17) is 4.42 Å². The first kappa shape index (κ1) is 20.3. The minimum atomic E-state index is -2.82. The van der Waals surface area contributed by atoms with Crippen molar-refractivity contribution in [2.24, 2.45) is 0 Å². The predicted octanol–water partition coefficient (Wildman–Crippen LogP) is 3.72. The molecule has 0 aliphatic carbocycles. The van der Waals surface area contributed by atoms with Crippen LogP contribution in [0.5, 0.6) is 0 Å². The van der Waals surface area contributed by atoms with Crippen molar-refractivity contribution in [3.63, 3.8) is 0 Å². The minimum absolute atomic E-state index is 0.0206. The maximum atomic E-state index is 14.2. The van der Waals surface area contributed by atoms with E-state index in [1.807, 2.05) is 6.07 Å². The molecule has 3 aromatic heterocycles. The summed E-state index contributed by atoms with van der Waals surface area (Å²) in [5.74, 6) is -0.972. The van der Waals surface area contributed by atoms with E-state index in [0.29, 0.717) is 35.6 Å². The van der Waals surface area contributed by atoms with Crippen molar-refractivity contribution in [1.29, 1.82) is 0 Å². The third kappa shape index (κ3) is 4.24. The zero-order valence-corrected chi connectivity index (χ0v) is 16.8. The Bertz CT molecular complexity index is 1220. The molecule has 0 bridgehead atoms. The Balaban J connectivity index is 1.28. The van der Waals surface area contributed by atoms with Crippen LogP contribution in [0, 0.1) is 5.82 Å².